The first-order valence-corrected chi connectivity index (χ1v) is 4.13. The van der Waals surface area contributed by atoms with E-state index < -0.39 is 5.79 Å². The average Bonchev–Trinajstić information content (AvgIpc) is 2.33. The smallest absolute Gasteiger partial charge is 0.165 e. The van der Waals surface area contributed by atoms with Gasteiger partial charge in [0.15, 0.2) is 5.79 Å². The minimum atomic E-state index is -0.754. The standard InChI is InChI=1S/C8H16O2/c1-2-3-5-8(9)6-4-7-10-8/h9H,2-7H2,1H3. The van der Waals surface area contributed by atoms with Crippen molar-refractivity contribution in [2.24, 2.45) is 0 Å². The second-order valence-corrected chi connectivity index (χ2v) is 3.00. The van der Waals surface area contributed by atoms with Gasteiger partial charge < -0.3 is 9.84 Å². The van der Waals surface area contributed by atoms with Crippen molar-refractivity contribution in [3.8, 4) is 0 Å². The Hall–Kier alpha value is -0.0800. The molecular formula is C8H16O2. The molecule has 10 heavy (non-hydrogen) atoms. The van der Waals surface area contributed by atoms with Gasteiger partial charge in [0.05, 0.1) is 6.61 Å². The quantitative estimate of drug-likeness (QED) is 0.653. The predicted molar refractivity (Wildman–Crippen MR) is 39.7 cm³/mol. The third-order valence-corrected chi connectivity index (χ3v) is 2.00. The maximum Gasteiger partial charge on any atom is 0.165 e. The molecule has 1 rings (SSSR count). The molecule has 1 heterocycles. The highest BCUT2D eigenvalue weighted by atomic mass is 16.6. The van der Waals surface area contributed by atoms with E-state index in [1.165, 1.54) is 0 Å². The molecule has 0 aromatic heterocycles. The van der Waals surface area contributed by atoms with Crippen molar-refractivity contribution < 1.29 is 9.84 Å². The van der Waals surface area contributed by atoms with Gasteiger partial charge in [-0.3, -0.25) is 0 Å². The van der Waals surface area contributed by atoms with Crippen LogP contribution in [0, 0.1) is 0 Å². The van der Waals surface area contributed by atoms with Crippen molar-refractivity contribution in [2.45, 2.75) is 44.8 Å². The molecule has 1 saturated heterocycles. The number of rotatable bonds is 3. The van der Waals surface area contributed by atoms with Crippen molar-refractivity contribution in [2.75, 3.05) is 6.61 Å². The second-order valence-electron chi connectivity index (χ2n) is 3.00. The molecule has 2 heteroatoms. The van der Waals surface area contributed by atoms with E-state index in [0.29, 0.717) is 0 Å². The highest BCUT2D eigenvalue weighted by Crippen LogP contribution is 2.27. The minimum absolute atomic E-state index is 0.736. The third-order valence-electron chi connectivity index (χ3n) is 2.00. The summed E-state index contributed by atoms with van der Waals surface area (Å²) < 4.78 is 5.20. The van der Waals surface area contributed by atoms with E-state index in [2.05, 4.69) is 6.92 Å². The van der Waals surface area contributed by atoms with E-state index >= 15 is 0 Å². The molecule has 0 aromatic carbocycles. The van der Waals surface area contributed by atoms with Crippen molar-refractivity contribution in [1.29, 1.82) is 0 Å². The molecule has 1 fully saturated rings. The van der Waals surface area contributed by atoms with E-state index in [0.717, 1.165) is 38.7 Å². The predicted octanol–water partition coefficient (Wildman–Crippen LogP) is 1.68. The lowest BCUT2D eigenvalue weighted by Gasteiger charge is -2.20. The Balaban J connectivity index is 2.22. The lowest BCUT2D eigenvalue weighted by molar-refractivity contribution is -0.175. The first-order valence-electron chi connectivity index (χ1n) is 4.13. The van der Waals surface area contributed by atoms with Gasteiger partial charge in [0.1, 0.15) is 0 Å². The van der Waals surface area contributed by atoms with E-state index in [1.54, 1.807) is 0 Å². The van der Waals surface area contributed by atoms with Crippen LogP contribution in [0.25, 0.3) is 0 Å². The Bertz CT molecular complexity index is 95.4. The van der Waals surface area contributed by atoms with Crippen molar-refractivity contribution in [1.82, 2.24) is 0 Å². The Labute approximate surface area is 62.2 Å². The number of ether oxygens (including phenoxy) is 1. The molecule has 60 valence electrons. The molecule has 1 atom stereocenters. The molecule has 1 unspecified atom stereocenters. The Morgan fingerprint density at radius 3 is 2.90 bits per heavy atom. The summed E-state index contributed by atoms with van der Waals surface area (Å²) in [5.74, 6) is -0.754. The fraction of sp³-hybridized carbons (Fsp3) is 1.00. The fourth-order valence-corrected chi connectivity index (χ4v) is 1.33. The highest BCUT2D eigenvalue weighted by molar-refractivity contribution is 4.72. The monoisotopic (exact) mass is 144 g/mol. The van der Waals surface area contributed by atoms with E-state index in [1.807, 2.05) is 0 Å². The number of unbranched alkanes of at least 4 members (excludes halogenated alkanes) is 1. The Morgan fingerprint density at radius 1 is 1.60 bits per heavy atom. The van der Waals surface area contributed by atoms with Gasteiger partial charge in [-0.05, 0) is 12.8 Å². The summed E-state index contributed by atoms with van der Waals surface area (Å²) in [5, 5.41) is 9.60. The maximum atomic E-state index is 9.60. The minimum Gasteiger partial charge on any atom is -0.365 e. The maximum absolute atomic E-state index is 9.60. The molecule has 2 nitrogen and oxygen atoms in total. The largest absolute Gasteiger partial charge is 0.365 e. The van der Waals surface area contributed by atoms with Crippen LogP contribution in [-0.4, -0.2) is 17.5 Å². The summed E-state index contributed by atoms with van der Waals surface area (Å²) in [4.78, 5) is 0. The lowest BCUT2D eigenvalue weighted by atomic mass is 10.1. The van der Waals surface area contributed by atoms with Crippen molar-refractivity contribution in [3.63, 3.8) is 0 Å². The van der Waals surface area contributed by atoms with Crippen LogP contribution >= 0.6 is 0 Å². The van der Waals surface area contributed by atoms with Gasteiger partial charge in [0.25, 0.3) is 0 Å². The lowest BCUT2D eigenvalue weighted by Crippen LogP contribution is -2.26. The number of hydrogen-bond donors (Lipinski definition) is 1. The molecule has 1 N–H and O–H groups in total. The second kappa shape index (κ2) is 3.35. The average molecular weight is 144 g/mol. The summed E-state index contributed by atoms with van der Waals surface area (Å²) in [5.41, 5.74) is 0. The zero-order chi connectivity index (χ0) is 7.45. The number of aliphatic hydroxyl groups is 1. The van der Waals surface area contributed by atoms with E-state index in [9.17, 15) is 5.11 Å². The van der Waals surface area contributed by atoms with Gasteiger partial charge in [-0.25, -0.2) is 0 Å². The van der Waals surface area contributed by atoms with Gasteiger partial charge in [-0.15, -0.1) is 0 Å². The van der Waals surface area contributed by atoms with Gasteiger partial charge in [0, 0.05) is 12.8 Å². The highest BCUT2D eigenvalue weighted by Gasteiger charge is 2.30. The van der Waals surface area contributed by atoms with Crippen LogP contribution in [0.4, 0.5) is 0 Å². The van der Waals surface area contributed by atoms with Gasteiger partial charge in [0.2, 0.25) is 0 Å². The Morgan fingerprint density at radius 2 is 2.40 bits per heavy atom. The molecule has 0 radical (unpaired) electrons. The summed E-state index contributed by atoms with van der Waals surface area (Å²) in [7, 11) is 0. The van der Waals surface area contributed by atoms with Gasteiger partial charge in [-0.1, -0.05) is 13.3 Å². The fourth-order valence-electron chi connectivity index (χ4n) is 1.33. The molecule has 0 spiro atoms. The first-order chi connectivity index (χ1) is 4.77. The third kappa shape index (κ3) is 1.96. The molecule has 1 aliphatic rings. The Kier molecular flexibility index (Phi) is 2.69. The zero-order valence-corrected chi connectivity index (χ0v) is 6.60. The summed E-state index contributed by atoms with van der Waals surface area (Å²) in [6.45, 7) is 2.86. The van der Waals surface area contributed by atoms with Crippen molar-refractivity contribution >= 4 is 0 Å². The van der Waals surface area contributed by atoms with Crippen LogP contribution in [0.5, 0.6) is 0 Å². The number of hydrogen-bond acceptors (Lipinski definition) is 2. The molecule has 0 aromatic rings. The summed E-state index contributed by atoms with van der Waals surface area (Å²) in [6.07, 6.45) is 4.85. The van der Waals surface area contributed by atoms with Gasteiger partial charge >= 0.3 is 0 Å². The normalized spacial score (nSPS) is 33.0. The van der Waals surface area contributed by atoms with Crippen molar-refractivity contribution in [3.05, 3.63) is 0 Å². The topological polar surface area (TPSA) is 29.5 Å². The van der Waals surface area contributed by atoms with Crippen LogP contribution in [0.15, 0.2) is 0 Å². The summed E-state index contributed by atoms with van der Waals surface area (Å²) in [6, 6.07) is 0. The van der Waals surface area contributed by atoms with E-state index in [4.69, 9.17) is 4.74 Å². The van der Waals surface area contributed by atoms with E-state index in [-0.39, 0.29) is 0 Å². The molecule has 1 aliphatic heterocycles. The molecule has 0 saturated carbocycles. The molecule has 0 amide bonds. The van der Waals surface area contributed by atoms with Gasteiger partial charge in [-0.2, -0.15) is 0 Å². The SMILES string of the molecule is CCCCC1(O)CCCO1. The zero-order valence-electron chi connectivity index (χ0n) is 6.60. The van der Waals surface area contributed by atoms with Crippen LogP contribution in [0.2, 0.25) is 0 Å². The first kappa shape index (κ1) is 8.02. The molecular weight excluding hydrogens is 128 g/mol. The van der Waals surface area contributed by atoms with Crippen LogP contribution < -0.4 is 0 Å². The van der Waals surface area contributed by atoms with Crippen LogP contribution in [0.1, 0.15) is 39.0 Å². The van der Waals surface area contributed by atoms with Crippen LogP contribution in [0.3, 0.4) is 0 Å². The van der Waals surface area contributed by atoms with Crippen LogP contribution in [-0.2, 0) is 4.74 Å². The molecule has 0 bridgehead atoms. The molecule has 0 aliphatic carbocycles. The summed E-state index contributed by atoms with van der Waals surface area (Å²) >= 11 is 0.